The second-order valence-electron chi connectivity index (χ2n) is 4.30. The van der Waals surface area contributed by atoms with Gasteiger partial charge in [-0.15, -0.1) is 0 Å². The molecule has 0 aliphatic carbocycles. The number of alkyl halides is 1. The molecule has 0 spiro atoms. The molecule has 0 N–H and O–H groups in total. The van der Waals surface area contributed by atoms with Crippen molar-refractivity contribution >= 4 is 27.5 Å². The Hall–Kier alpha value is -0.410. The number of hydrogen-bond acceptors (Lipinski definition) is 2. The van der Waals surface area contributed by atoms with Crippen LogP contribution in [0.1, 0.15) is 30.7 Å². The van der Waals surface area contributed by atoms with E-state index in [9.17, 15) is 0 Å². The van der Waals surface area contributed by atoms with Gasteiger partial charge in [-0.1, -0.05) is 47.4 Å². The van der Waals surface area contributed by atoms with Crippen LogP contribution in [0.4, 0.5) is 0 Å². The van der Waals surface area contributed by atoms with Crippen LogP contribution in [-0.2, 0) is 0 Å². The molecular weight excluding hydrogens is 303 g/mol. The zero-order chi connectivity index (χ0) is 13.0. The largest absolute Gasteiger partial charge is 0.495 e. The summed E-state index contributed by atoms with van der Waals surface area (Å²) in [5, 5.41) is 0.528. The van der Waals surface area contributed by atoms with Crippen molar-refractivity contribution in [3.05, 3.63) is 22.7 Å². The van der Waals surface area contributed by atoms with Gasteiger partial charge in [0.15, 0.2) is 0 Å². The van der Waals surface area contributed by atoms with E-state index in [4.69, 9.17) is 21.1 Å². The number of ether oxygens (including phenoxy) is 2. The summed E-state index contributed by atoms with van der Waals surface area (Å²) in [6.45, 7) is 4.37. The van der Waals surface area contributed by atoms with Crippen LogP contribution < -0.4 is 9.47 Å². The Kier molecular flexibility index (Phi) is 5.60. The van der Waals surface area contributed by atoms with Crippen LogP contribution in [0.2, 0.25) is 5.02 Å². The van der Waals surface area contributed by atoms with Crippen LogP contribution in [0.3, 0.4) is 0 Å². The molecule has 96 valence electrons. The highest BCUT2D eigenvalue weighted by atomic mass is 79.9. The Morgan fingerprint density at radius 2 is 1.88 bits per heavy atom. The lowest BCUT2D eigenvalue weighted by Crippen LogP contribution is -2.00. The van der Waals surface area contributed by atoms with Crippen molar-refractivity contribution in [1.29, 1.82) is 0 Å². The topological polar surface area (TPSA) is 18.5 Å². The fourth-order valence-electron chi connectivity index (χ4n) is 1.71. The maximum Gasteiger partial charge on any atom is 0.145 e. The molecule has 1 unspecified atom stereocenters. The second-order valence-corrected chi connectivity index (χ2v) is 5.78. The fraction of sp³-hybridized carbons (Fsp3) is 0.538. The van der Waals surface area contributed by atoms with Crippen molar-refractivity contribution in [2.75, 3.05) is 14.2 Å². The lowest BCUT2D eigenvalue weighted by Gasteiger charge is -2.18. The Bertz CT molecular complexity index is 380. The van der Waals surface area contributed by atoms with Crippen molar-refractivity contribution < 1.29 is 9.47 Å². The van der Waals surface area contributed by atoms with Gasteiger partial charge >= 0.3 is 0 Å². The van der Waals surface area contributed by atoms with Crippen molar-refractivity contribution in [1.82, 2.24) is 0 Å². The van der Waals surface area contributed by atoms with E-state index in [1.165, 1.54) is 0 Å². The molecular formula is C13H18BrClO2. The third kappa shape index (κ3) is 3.52. The monoisotopic (exact) mass is 320 g/mol. The van der Waals surface area contributed by atoms with Gasteiger partial charge in [0.05, 0.1) is 14.2 Å². The van der Waals surface area contributed by atoms with Crippen molar-refractivity contribution in [2.45, 2.75) is 25.1 Å². The van der Waals surface area contributed by atoms with E-state index in [1.54, 1.807) is 14.2 Å². The maximum absolute atomic E-state index is 6.22. The first-order chi connectivity index (χ1) is 8.01. The molecule has 2 nitrogen and oxygen atoms in total. The zero-order valence-electron chi connectivity index (χ0n) is 10.6. The number of hydrogen-bond donors (Lipinski definition) is 0. The molecule has 1 aromatic rings. The quantitative estimate of drug-likeness (QED) is 0.723. The van der Waals surface area contributed by atoms with Crippen LogP contribution in [0.25, 0.3) is 0 Å². The van der Waals surface area contributed by atoms with Gasteiger partial charge in [-0.2, -0.15) is 0 Å². The SMILES string of the molecule is COc1ccc(C(Br)CC(C)C)c(OC)c1Cl. The predicted octanol–water partition coefficient (Wildman–Crippen LogP) is 4.84. The average Bonchev–Trinajstić information content (AvgIpc) is 2.27. The summed E-state index contributed by atoms with van der Waals surface area (Å²) in [6, 6.07) is 3.86. The first kappa shape index (κ1) is 14.7. The molecule has 0 saturated heterocycles. The van der Waals surface area contributed by atoms with Gasteiger partial charge in [-0.25, -0.2) is 0 Å². The van der Waals surface area contributed by atoms with E-state index in [0.29, 0.717) is 22.4 Å². The molecule has 0 aliphatic rings. The van der Waals surface area contributed by atoms with Gasteiger partial charge in [-0.05, 0) is 18.4 Å². The Morgan fingerprint density at radius 3 is 2.35 bits per heavy atom. The molecule has 0 heterocycles. The molecule has 0 bridgehead atoms. The van der Waals surface area contributed by atoms with E-state index >= 15 is 0 Å². The normalized spacial score (nSPS) is 12.6. The molecule has 1 aromatic carbocycles. The van der Waals surface area contributed by atoms with Crippen LogP contribution >= 0.6 is 27.5 Å². The van der Waals surface area contributed by atoms with Gasteiger partial charge < -0.3 is 9.47 Å². The minimum atomic E-state index is 0.237. The van der Waals surface area contributed by atoms with E-state index in [0.717, 1.165) is 12.0 Å². The summed E-state index contributed by atoms with van der Waals surface area (Å²) >= 11 is 9.90. The molecule has 1 rings (SSSR count). The third-order valence-electron chi connectivity index (χ3n) is 2.53. The molecule has 0 saturated carbocycles. The maximum atomic E-state index is 6.22. The van der Waals surface area contributed by atoms with Crippen LogP contribution in [0.5, 0.6) is 11.5 Å². The molecule has 0 aromatic heterocycles. The van der Waals surface area contributed by atoms with Gasteiger partial charge in [-0.3, -0.25) is 0 Å². The molecule has 17 heavy (non-hydrogen) atoms. The predicted molar refractivity (Wildman–Crippen MR) is 75.7 cm³/mol. The molecule has 0 fully saturated rings. The Morgan fingerprint density at radius 1 is 1.24 bits per heavy atom. The summed E-state index contributed by atoms with van der Waals surface area (Å²) in [6.07, 6.45) is 1.03. The highest BCUT2D eigenvalue weighted by molar-refractivity contribution is 9.09. The van der Waals surface area contributed by atoms with Crippen molar-refractivity contribution in [3.63, 3.8) is 0 Å². The number of benzene rings is 1. The van der Waals surface area contributed by atoms with Crippen LogP contribution in [-0.4, -0.2) is 14.2 Å². The van der Waals surface area contributed by atoms with Crippen LogP contribution in [0, 0.1) is 5.92 Å². The highest BCUT2D eigenvalue weighted by Gasteiger charge is 2.19. The lowest BCUT2D eigenvalue weighted by atomic mass is 10.0. The highest BCUT2D eigenvalue weighted by Crippen LogP contribution is 2.43. The summed E-state index contributed by atoms with van der Waals surface area (Å²) in [7, 11) is 3.22. The Labute approximate surface area is 116 Å². The first-order valence-corrected chi connectivity index (χ1v) is 6.85. The van der Waals surface area contributed by atoms with E-state index in [2.05, 4.69) is 29.8 Å². The summed E-state index contributed by atoms with van der Waals surface area (Å²) in [5.74, 6) is 1.93. The summed E-state index contributed by atoms with van der Waals surface area (Å²) in [4.78, 5) is 0.237. The zero-order valence-corrected chi connectivity index (χ0v) is 12.9. The Balaban J connectivity index is 3.11. The second kappa shape index (κ2) is 6.50. The summed E-state index contributed by atoms with van der Waals surface area (Å²) < 4.78 is 10.6. The minimum Gasteiger partial charge on any atom is -0.495 e. The molecule has 4 heteroatoms. The van der Waals surface area contributed by atoms with Gasteiger partial charge in [0.2, 0.25) is 0 Å². The van der Waals surface area contributed by atoms with Crippen molar-refractivity contribution in [3.8, 4) is 11.5 Å². The van der Waals surface area contributed by atoms with E-state index in [1.807, 2.05) is 12.1 Å². The standard InChI is InChI=1S/C13H18BrClO2/c1-8(2)7-10(14)9-5-6-11(16-3)12(15)13(9)17-4/h5-6,8,10H,7H2,1-4H3. The summed E-state index contributed by atoms with van der Waals surface area (Å²) in [5.41, 5.74) is 1.06. The first-order valence-electron chi connectivity index (χ1n) is 5.55. The average molecular weight is 322 g/mol. The number of methoxy groups -OCH3 is 2. The van der Waals surface area contributed by atoms with E-state index < -0.39 is 0 Å². The van der Waals surface area contributed by atoms with Gasteiger partial charge in [0.1, 0.15) is 16.5 Å². The molecule has 0 amide bonds. The molecule has 1 atom stereocenters. The molecule has 0 radical (unpaired) electrons. The fourth-order valence-corrected chi connectivity index (χ4v) is 3.14. The molecule has 0 aliphatic heterocycles. The van der Waals surface area contributed by atoms with Gasteiger partial charge in [0.25, 0.3) is 0 Å². The van der Waals surface area contributed by atoms with Crippen LogP contribution in [0.15, 0.2) is 12.1 Å². The lowest BCUT2D eigenvalue weighted by molar-refractivity contribution is 0.390. The minimum absolute atomic E-state index is 0.237. The smallest absolute Gasteiger partial charge is 0.145 e. The van der Waals surface area contributed by atoms with Gasteiger partial charge in [0, 0.05) is 10.4 Å². The van der Waals surface area contributed by atoms with E-state index in [-0.39, 0.29) is 4.83 Å². The number of rotatable bonds is 5. The number of halogens is 2. The van der Waals surface area contributed by atoms with Crippen molar-refractivity contribution in [2.24, 2.45) is 5.92 Å². The third-order valence-corrected chi connectivity index (χ3v) is 3.76.